The van der Waals surface area contributed by atoms with Crippen LogP contribution >= 0.6 is 0 Å². The fourth-order valence-electron chi connectivity index (χ4n) is 2.82. The molecule has 0 bridgehead atoms. The van der Waals surface area contributed by atoms with Gasteiger partial charge in [-0.25, -0.2) is 8.42 Å². The Balaban J connectivity index is 2.02. The van der Waals surface area contributed by atoms with Gasteiger partial charge in [0, 0.05) is 6.42 Å². The Morgan fingerprint density at radius 2 is 1.70 bits per heavy atom. The summed E-state index contributed by atoms with van der Waals surface area (Å²) in [5.41, 5.74) is 1.48. The molecule has 3 rings (SSSR count). The van der Waals surface area contributed by atoms with Crippen molar-refractivity contribution in [3.63, 3.8) is 0 Å². The normalized spacial score (nSPS) is 12.5. The molecule has 2 aromatic carbocycles. The average Bonchev–Trinajstić information content (AvgIpc) is 3.21. The molecular formula is C21H20O5S. The highest BCUT2D eigenvalue weighted by molar-refractivity contribution is 7.91. The molecule has 0 aliphatic heterocycles. The number of furan rings is 1. The third kappa shape index (κ3) is 4.11. The van der Waals surface area contributed by atoms with Crippen molar-refractivity contribution < 1.29 is 22.4 Å². The van der Waals surface area contributed by atoms with Gasteiger partial charge in [0.25, 0.3) is 0 Å². The Morgan fingerprint density at radius 1 is 1.04 bits per heavy atom. The second kappa shape index (κ2) is 7.80. The van der Waals surface area contributed by atoms with Gasteiger partial charge < -0.3 is 9.15 Å². The Labute approximate surface area is 158 Å². The number of Topliss-reactive ketones (excluding diaryl/α,β-unsaturated/α-hetero) is 1. The zero-order valence-corrected chi connectivity index (χ0v) is 15.9. The molecule has 0 saturated heterocycles. The first kappa shape index (κ1) is 18.9. The standard InChI is InChI=1S/C21H20O5S/c1-15-5-11-18(12-6-15)27(23,24)21(14-19(22)20-4-3-13-26-20)16-7-9-17(25-2)10-8-16/h3-13,21H,14H2,1-2H3/t21-/m0/s1. The van der Waals surface area contributed by atoms with Gasteiger partial charge in [-0.1, -0.05) is 29.8 Å². The van der Waals surface area contributed by atoms with E-state index in [0.29, 0.717) is 11.3 Å². The van der Waals surface area contributed by atoms with Crippen LogP contribution in [0.1, 0.15) is 33.4 Å². The van der Waals surface area contributed by atoms with Crippen molar-refractivity contribution in [1.29, 1.82) is 0 Å². The molecule has 5 nitrogen and oxygen atoms in total. The predicted molar refractivity (Wildman–Crippen MR) is 102 cm³/mol. The molecule has 0 aliphatic carbocycles. The summed E-state index contributed by atoms with van der Waals surface area (Å²) in [5.74, 6) is 0.395. The summed E-state index contributed by atoms with van der Waals surface area (Å²) in [6.45, 7) is 1.89. The van der Waals surface area contributed by atoms with Crippen LogP contribution in [0.25, 0.3) is 0 Å². The molecular weight excluding hydrogens is 364 g/mol. The summed E-state index contributed by atoms with van der Waals surface area (Å²) < 4.78 is 36.9. The zero-order valence-electron chi connectivity index (χ0n) is 15.1. The number of hydrogen-bond acceptors (Lipinski definition) is 5. The molecule has 27 heavy (non-hydrogen) atoms. The van der Waals surface area contributed by atoms with Crippen LogP contribution in [0.2, 0.25) is 0 Å². The lowest BCUT2D eigenvalue weighted by Crippen LogP contribution is -2.18. The smallest absolute Gasteiger partial charge is 0.199 e. The van der Waals surface area contributed by atoms with Crippen LogP contribution < -0.4 is 4.74 Å². The molecule has 0 fully saturated rings. The minimum Gasteiger partial charge on any atom is -0.497 e. The van der Waals surface area contributed by atoms with E-state index in [1.54, 1.807) is 54.6 Å². The van der Waals surface area contributed by atoms with E-state index < -0.39 is 15.1 Å². The highest BCUT2D eigenvalue weighted by atomic mass is 32.2. The number of ether oxygens (including phenoxy) is 1. The molecule has 6 heteroatoms. The van der Waals surface area contributed by atoms with Crippen molar-refractivity contribution in [1.82, 2.24) is 0 Å². The molecule has 0 radical (unpaired) electrons. The minimum atomic E-state index is -3.78. The number of carbonyl (C=O) groups excluding carboxylic acids is 1. The molecule has 140 valence electrons. The van der Waals surface area contributed by atoms with Gasteiger partial charge in [0.1, 0.15) is 5.75 Å². The van der Waals surface area contributed by atoms with Crippen LogP contribution in [0.5, 0.6) is 5.75 Å². The first-order chi connectivity index (χ1) is 12.9. The molecule has 0 N–H and O–H groups in total. The molecule has 0 unspecified atom stereocenters. The number of carbonyl (C=O) groups is 1. The quantitative estimate of drug-likeness (QED) is 0.565. The molecule has 0 amide bonds. The van der Waals surface area contributed by atoms with Gasteiger partial charge in [-0.15, -0.1) is 0 Å². The summed E-state index contributed by atoms with van der Waals surface area (Å²) in [6, 6.07) is 16.5. The summed E-state index contributed by atoms with van der Waals surface area (Å²) in [7, 11) is -2.24. The number of sulfone groups is 1. The highest BCUT2D eigenvalue weighted by Crippen LogP contribution is 2.34. The molecule has 1 atom stereocenters. The number of ketones is 1. The van der Waals surface area contributed by atoms with Crippen LogP contribution in [0, 0.1) is 6.92 Å². The third-order valence-electron chi connectivity index (χ3n) is 4.38. The Bertz CT molecular complexity index is 1000. The number of hydrogen-bond donors (Lipinski definition) is 0. The maximum Gasteiger partial charge on any atom is 0.199 e. The summed E-state index contributed by atoms with van der Waals surface area (Å²) >= 11 is 0. The average molecular weight is 384 g/mol. The highest BCUT2D eigenvalue weighted by Gasteiger charge is 2.32. The molecule has 1 heterocycles. The molecule has 0 aliphatic rings. The Kier molecular flexibility index (Phi) is 5.46. The van der Waals surface area contributed by atoms with Gasteiger partial charge in [0.15, 0.2) is 21.4 Å². The fraction of sp³-hybridized carbons (Fsp3) is 0.190. The van der Waals surface area contributed by atoms with Crippen molar-refractivity contribution in [2.24, 2.45) is 0 Å². The van der Waals surface area contributed by atoms with Gasteiger partial charge in [-0.3, -0.25) is 4.79 Å². The first-order valence-electron chi connectivity index (χ1n) is 8.43. The Hall–Kier alpha value is -2.86. The second-order valence-electron chi connectivity index (χ2n) is 6.22. The third-order valence-corrected chi connectivity index (χ3v) is 6.50. The summed E-state index contributed by atoms with van der Waals surface area (Å²) in [6.07, 6.45) is 1.18. The monoisotopic (exact) mass is 384 g/mol. The van der Waals surface area contributed by atoms with Gasteiger partial charge in [0.05, 0.1) is 23.5 Å². The van der Waals surface area contributed by atoms with E-state index in [0.717, 1.165) is 5.56 Å². The van der Waals surface area contributed by atoms with E-state index in [1.807, 2.05) is 6.92 Å². The van der Waals surface area contributed by atoms with Gasteiger partial charge in [-0.2, -0.15) is 0 Å². The van der Waals surface area contributed by atoms with E-state index in [4.69, 9.17) is 9.15 Å². The number of methoxy groups -OCH3 is 1. The predicted octanol–water partition coefficient (Wildman–Crippen LogP) is 4.38. The van der Waals surface area contributed by atoms with Crippen LogP contribution in [-0.4, -0.2) is 21.3 Å². The second-order valence-corrected chi connectivity index (χ2v) is 8.35. The largest absolute Gasteiger partial charge is 0.497 e. The number of rotatable bonds is 7. The van der Waals surface area contributed by atoms with Crippen molar-refractivity contribution in [3.05, 3.63) is 83.8 Å². The number of benzene rings is 2. The lowest BCUT2D eigenvalue weighted by molar-refractivity contribution is 0.0954. The zero-order chi connectivity index (χ0) is 19.4. The first-order valence-corrected chi connectivity index (χ1v) is 9.97. The number of aryl methyl sites for hydroxylation is 1. The molecule has 1 aromatic heterocycles. The van der Waals surface area contributed by atoms with E-state index >= 15 is 0 Å². The van der Waals surface area contributed by atoms with Crippen LogP contribution in [0.15, 0.2) is 76.2 Å². The molecule has 3 aromatic rings. The van der Waals surface area contributed by atoms with E-state index in [1.165, 1.54) is 19.4 Å². The van der Waals surface area contributed by atoms with Gasteiger partial charge in [0.2, 0.25) is 0 Å². The SMILES string of the molecule is COc1ccc([C@H](CC(=O)c2ccco2)S(=O)(=O)c2ccc(C)cc2)cc1. The van der Waals surface area contributed by atoms with Crippen LogP contribution in [0.3, 0.4) is 0 Å². The maximum atomic E-state index is 13.3. The van der Waals surface area contributed by atoms with E-state index in [-0.39, 0.29) is 22.9 Å². The van der Waals surface area contributed by atoms with E-state index in [9.17, 15) is 13.2 Å². The fourth-order valence-corrected chi connectivity index (χ4v) is 4.55. The Morgan fingerprint density at radius 3 is 2.26 bits per heavy atom. The minimum absolute atomic E-state index is 0.146. The van der Waals surface area contributed by atoms with Crippen LogP contribution in [0.4, 0.5) is 0 Å². The topological polar surface area (TPSA) is 73.6 Å². The summed E-state index contributed by atoms with van der Waals surface area (Å²) in [5, 5.41) is -1.02. The van der Waals surface area contributed by atoms with E-state index in [2.05, 4.69) is 0 Å². The van der Waals surface area contributed by atoms with Crippen molar-refractivity contribution in [2.45, 2.75) is 23.5 Å². The van der Waals surface area contributed by atoms with Gasteiger partial charge >= 0.3 is 0 Å². The van der Waals surface area contributed by atoms with Crippen molar-refractivity contribution in [3.8, 4) is 5.75 Å². The molecule has 0 saturated carbocycles. The van der Waals surface area contributed by atoms with Crippen molar-refractivity contribution >= 4 is 15.6 Å². The van der Waals surface area contributed by atoms with Gasteiger partial charge in [-0.05, 0) is 48.9 Å². The van der Waals surface area contributed by atoms with Crippen molar-refractivity contribution in [2.75, 3.05) is 7.11 Å². The summed E-state index contributed by atoms with van der Waals surface area (Å²) in [4.78, 5) is 12.7. The van der Waals surface area contributed by atoms with Crippen LogP contribution in [-0.2, 0) is 9.84 Å². The molecule has 0 spiro atoms. The lowest BCUT2D eigenvalue weighted by atomic mass is 10.1. The lowest BCUT2D eigenvalue weighted by Gasteiger charge is -2.18. The maximum absolute atomic E-state index is 13.3.